The van der Waals surface area contributed by atoms with Gasteiger partial charge in [-0.2, -0.15) is 0 Å². The van der Waals surface area contributed by atoms with Crippen molar-refractivity contribution in [1.82, 2.24) is 4.90 Å². The molecule has 0 saturated carbocycles. The summed E-state index contributed by atoms with van der Waals surface area (Å²) in [6, 6.07) is 7.06. The van der Waals surface area contributed by atoms with Crippen molar-refractivity contribution in [2.75, 3.05) is 19.7 Å². The van der Waals surface area contributed by atoms with Crippen molar-refractivity contribution in [3.8, 4) is 5.75 Å². The second-order valence-corrected chi connectivity index (χ2v) is 4.18. The first-order chi connectivity index (χ1) is 8.58. The van der Waals surface area contributed by atoms with Crippen molar-refractivity contribution < 1.29 is 9.53 Å². The molecule has 0 saturated heterocycles. The van der Waals surface area contributed by atoms with Gasteiger partial charge in [0.1, 0.15) is 10.7 Å². The lowest BCUT2D eigenvalue weighted by Crippen LogP contribution is -2.34. The Morgan fingerprint density at radius 2 is 1.83 bits per heavy atom. The number of nitrogens with zero attached hydrogens (tertiary/aromatic N) is 1. The number of amides is 1. The molecule has 4 nitrogen and oxygen atoms in total. The van der Waals surface area contributed by atoms with Gasteiger partial charge in [0.05, 0.1) is 0 Å². The summed E-state index contributed by atoms with van der Waals surface area (Å²) in [4.78, 5) is 13.8. The van der Waals surface area contributed by atoms with Gasteiger partial charge >= 0.3 is 0 Å². The number of thiocarbonyl (C=S) groups is 1. The molecule has 0 heterocycles. The molecule has 0 unspecified atom stereocenters. The van der Waals surface area contributed by atoms with Gasteiger partial charge in [-0.05, 0) is 38.1 Å². The van der Waals surface area contributed by atoms with E-state index in [9.17, 15) is 4.79 Å². The second-order valence-electron chi connectivity index (χ2n) is 3.74. The van der Waals surface area contributed by atoms with E-state index in [1.807, 2.05) is 13.8 Å². The molecule has 18 heavy (non-hydrogen) atoms. The Kier molecular flexibility index (Phi) is 5.58. The van der Waals surface area contributed by atoms with Crippen molar-refractivity contribution >= 4 is 23.1 Å². The molecule has 1 amide bonds. The monoisotopic (exact) mass is 266 g/mol. The molecule has 98 valence electrons. The average Bonchev–Trinajstić information content (AvgIpc) is 2.38. The lowest BCUT2D eigenvalue weighted by atomic mass is 10.2. The molecule has 0 aromatic heterocycles. The minimum atomic E-state index is -0.0153. The van der Waals surface area contributed by atoms with Crippen molar-refractivity contribution in [3.63, 3.8) is 0 Å². The molecule has 0 spiro atoms. The van der Waals surface area contributed by atoms with Crippen LogP contribution in [-0.4, -0.2) is 35.5 Å². The molecule has 0 bridgehead atoms. The van der Waals surface area contributed by atoms with Crippen LogP contribution in [-0.2, 0) is 4.79 Å². The first-order valence-electron chi connectivity index (χ1n) is 5.88. The molecule has 0 fully saturated rings. The number of carbonyl (C=O) groups excluding carboxylic acids is 1. The Hall–Kier alpha value is -1.62. The summed E-state index contributed by atoms with van der Waals surface area (Å²) in [6.07, 6.45) is 0. The smallest absolute Gasteiger partial charge is 0.260 e. The van der Waals surface area contributed by atoms with E-state index in [4.69, 9.17) is 22.7 Å². The van der Waals surface area contributed by atoms with Crippen molar-refractivity contribution in [3.05, 3.63) is 29.8 Å². The van der Waals surface area contributed by atoms with Crippen LogP contribution < -0.4 is 10.5 Å². The fourth-order valence-corrected chi connectivity index (χ4v) is 1.66. The highest BCUT2D eigenvalue weighted by Gasteiger charge is 2.09. The van der Waals surface area contributed by atoms with Gasteiger partial charge in [0.15, 0.2) is 6.61 Å². The van der Waals surface area contributed by atoms with E-state index in [0.29, 0.717) is 23.8 Å². The Balaban J connectivity index is 2.53. The second kappa shape index (κ2) is 6.96. The van der Waals surface area contributed by atoms with Gasteiger partial charge in [0, 0.05) is 18.7 Å². The van der Waals surface area contributed by atoms with Gasteiger partial charge in [0.25, 0.3) is 5.91 Å². The van der Waals surface area contributed by atoms with E-state index in [1.165, 1.54) is 0 Å². The lowest BCUT2D eigenvalue weighted by Gasteiger charge is -2.18. The quantitative estimate of drug-likeness (QED) is 0.794. The highest BCUT2D eigenvalue weighted by molar-refractivity contribution is 7.80. The number of rotatable bonds is 6. The Bertz CT molecular complexity index is 414. The van der Waals surface area contributed by atoms with Gasteiger partial charge in [-0.15, -0.1) is 0 Å². The summed E-state index contributed by atoms with van der Waals surface area (Å²) in [7, 11) is 0. The third-order valence-electron chi connectivity index (χ3n) is 2.62. The van der Waals surface area contributed by atoms with Crippen LogP contribution in [0.25, 0.3) is 0 Å². The lowest BCUT2D eigenvalue weighted by molar-refractivity contribution is -0.132. The summed E-state index contributed by atoms with van der Waals surface area (Å²) in [5.74, 6) is 0.619. The number of benzene rings is 1. The molecule has 0 aliphatic carbocycles. The number of carbonyl (C=O) groups is 1. The standard InChI is InChI=1S/C13H18N2O2S/c1-3-15(4-2)12(16)9-17-11-7-5-10(6-8-11)13(14)18/h5-8H,3-4,9H2,1-2H3,(H2,14,18). The third kappa shape index (κ3) is 4.00. The van der Waals surface area contributed by atoms with Gasteiger partial charge in [0.2, 0.25) is 0 Å². The van der Waals surface area contributed by atoms with Crippen LogP contribution in [0, 0.1) is 0 Å². The van der Waals surface area contributed by atoms with Crippen molar-refractivity contribution in [2.24, 2.45) is 5.73 Å². The molecule has 1 rings (SSSR count). The van der Waals surface area contributed by atoms with Gasteiger partial charge in [-0.25, -0.2) is 0 Å². The predicted octanol–water partition coefficient (Wildman–Crippen LogP) is 1.57. The summed E-state index contributed by atoms with van der Waals surface area (Å²) >= 11 is 4.85. The Labute approximate surface area is 113 Å². The van der Waals surface area contributed by atoms with E-state index in [-0.39, 0.29) is 12.5 Å². The van der Waals surface area contributed by atoms with Gasteiger partial charge < -0.3 is 15.4 Å². The van der Waals surface area contributed by atoms with Gasteiger partial charge in [-0.3, -0.25) is 4.79 Å². The average molecular weight is 266 g/mol. The molecule has 0 radical (unpaired) electrons. The zero-order valence-electron chi connectivity index (χ0n) is 10.7. The zero-order valence-corrected chi connectivity index (χ0v) is 11.5. The molecule has 2 N–H and O–H groups in total. The number of ether oxygens (including phenoxy) is 1. The molecule has 0 aliphatic heterocycles. The van der Waals surface area contributed by atoms with Crippen molar-refractivity contribution in [1.29, 1.82) is 0 Å². The molecular formula is C13H18N2O2S. The maximum absolute atomic E-state index is 11.7. The van der Waals surface area contributed by atoms with E-state index >= 15 is 0 Å². The van der Waals surface area contributed by atoms with Crippen LogP contribution in [0.4, 0.5) is 0 Å². The first kappa shape index (κ1) is 14.4. The third-order valence-corrected chi connectivity index (χ3v) is 2.85. The van der Waals surface area contributed by atoms with E-state index in [2.05, 4.69) is 0 Å². The SMILES string of the molecule is CCN(CC)C(=O)COc1ccc(C(N)=S)cc1. The molecule has 0 aliphatic rings. The van der Waals surface area contributed by atoms with Crippen molar-refractivity contribution in [2.45, 2.75) is 13.8 Å². The maximum atomic E-state index is 11.7. The molecule has 0 atom stereocenters. The summed E-state index contributed by atoms with van der Waals surface area (Å²) in [5, 5.41) is 0. The highest BCUT2D eigenvalue weighted by Crippen LogP contribution is 2.12. The minimum Gasteiger partial charge on any atom is -0.484 e. The predicted molar refractivity (Wildman–Crippen MR) is 75.8 cm³/mol. The maximum Gasteiger partial charge on any atom is 0.260 e. The minimum absolute atomic E-state index is 0.0153. The summed E-state index contributed by atoms with van der Waals surface area (Å²) < 4.78 is 5.41. The van der Waals surface area contributed by atoms with Gasteiger partial charge in [-0.1, -0.05) is 12.2 Å². The van der Waals surface area contributed by atoms with Crippen LogP contribution in [0.5, 0.6) is 5.75 Å². The fourth-order valence-electron chi connectivity index (χ4n) is 1.53. The Morgan fingerprint density at radius 1 is 1.28 bits per heavy atom. The molecule has 5 heteroatoms. The highest BCUT2D eigenvalue weighted by atomic mass is 32.1. The normalized spacial score (nSPS) is 9.89. The van der Waals surface area contributed by atoms with Crippen LogP contribution in [0.2, 0.25) is 0 Å². The van der Waals surface area contributed by atoms with Crippen LogP contribution >= 0.6 is 12.2 Å². The van der Waals surface area contributed by atoms with Crippen LogP contribution in [0.1, 0.15) is 19.4 Å². The summed E-state index contributed by atoms with van der Waals surface area (Å²) in [6.45, 7) is 5.32. The van der Waals surface area contributed by atoms with Crippen LogP contribution in [0.15, 0.2) is 24.3 Å². The number of hydrogen-bond acceptors (Lipinski definition) is 3. The molecule has 1 aromatic rings. The zero-order chi connectivity index (χ0) is 13.5. The Morgan fingerprint density at radius 3 is 2.28 bits per heavy atom. The van der Waals surface area contributed by atoms with Crippen LogP contribution in [0.3, 0.4) is 0 Å². The van der Waals surface area contributed by atoms with E-state index in [0.717, 1.165) is 5.56 Å². The number of hydrogen-bond donors (Lipinski definition) is 1. The fraction of sp³-hybridized carbons (Fsp3) is 0.385. The van der Waals surface area contributed by atoms with E-state index < -0.39 is 0 Å². The molecular weight excluding hydrogens is 248 g/mol. The first-order valence-corrected chi connectivity index (χ1v) is 6.29. The van der Waals surface area contributed by atoms with E-state index in [1.54, 1.807) is 29.2 Å². The number of likely N-dealkylation sites (N-methyl/N-ethyl adjacent to an activating group) is 1. The number of nitrogens with two attached hydrogens (primary N) is 1. The topological polar surface area (TPSA) is 55.6 Å². The molecule has 1 aromatic carbocycles. The largest absolute Gasteiger partial charge is 0.484 e. The summed E-state index contributed by atoms with van der Waals surface area (Å²) in [5.41, 5.74) is 6.28.